The Bertz CT molecular complexity index is 152. The fourth-order valence-corrected chi connectivity index (χ4v) is 1.28. The van der Waals surface area contributed by atoms with E-state index in [2.05, 4.69) is 5.32 Å². The van der Waals surface area contributed by atoms with Crippen molar-refractivity contribution in [1.29, 1.82) is 0 Å². The van der Waals surface area contributed by atoms with Gasteiger partial charge in [0.15, 0.2) is 0 Å². The molecule has 12 heavy (non-hydrogen) atoms. The number of nitrogens with one attached hydrogen (secondary N) is 1. The van der Waals surface area contributed by atoms with Crippen molar-refractivity contribution in [3.8, 4) is 0 Å². The Hall–Kier alpha value is -0.770. The Kier molecular flexibility index (Phi) is 3.34. The molecule has 1 rings (SSSR count). The topological polar surface area (TPSA) is 58.4 Å². The average Bonchev–Trinajstić information content (AvgIpc) is 2.51. The van der Waals surface area contributed by atoms with E-state index >= 15 is 0 Å². The Morgan fingerprint density at radius 1 is 1.58 bits per heavy atom. The Balaban J connectivity index is 2.18. The fraction of sp³-hybridized carbons (Fsp3) is 0.875. The molecular weight excluding hydrogens is 154 g/mol. The van der Waals surface area contributed by atoms with E-state index in [-0.39, 0.29) is 12.1 Å². The normalized spacial score (nSPS) is 19.3. The fourth-order valence-electron chi connectivity index (χ4n) is 1.28. The van der Waals surface area contributed by atoms with Gasteiger partial charge in [0.1, 0.15) is 0 Å². The lowest BCUT2D eigenvalue weighted by Crippen LogP contribution is -2.42. The van der Waals surface area contributed by atoms with Crippen LogP contribution in [0.4, 0.5) is 4.79 Å². The largest absolute Gasteiger partial charge is 0.336 e. The smallest absolute Gasteiger partial charge is 0.317 e. The van der Waals surface area contributed by atoms with Crippen LogP contribution in [0.1, 0.15) is 19.8 Å². The van der Waals surface area contributed by atoms with Gasteiger partial charge in [0.2, 0.25) is 0 Å². The van der Waals surface area contributed by atoms with Crippen molar-refractivity contribution in [3.63, 3.8) is 0 Å². The predicted molar refractivity (Wildman–Crippen MR) is 47.9 cm³/mol. The van der Waals surface area contributed by atoms with Crippen LogP contribution in [0.25, 0.3) is 0 Å². The minimum atomic E-state index is 0.0322. The van der Waals surface area contributed by atoms with Crippen molar-refractivity contribution in [3.05, 3.63) is 0 Å². The number of rotatable bonds is 2. The first-order chi connectivity index (χ1) is 5.70. The third-order valence-electron chi connectivity index (χ3n) is 1.97. The molecule has 0 aromatic heterocycles. The summed E-state index contributed by atoms with van der Waals surface area (Å²) in [5.41, 5.74) is 5.51. The second-order valence-corrected chi connectivity index (χ2v) is 3.36. The van der Waals surface area contributed by atoms with E-state index < -0.39 is 0 Å². The second-order valence-electron chi connectivity index (χ2n) is 3.36. The van der Waals surface area contributed by atoms with E-state index in [0.29, 0.717) is 6.54 Å². The minimum Gasteiger partial charge on any atom is -0.336 e. The SMILES string of the molecule is CC(N)CNC(=O)N1CCCC1. The van der Waals surface area contributed by atoms with Crippen molar-refractivity contribution in [2.45, 2.75) is 25.8 Å². The van der Waals surface area contributed by atoms with E-state index in [0.717, 1.165) is 25.9 Å². The summed E-state index contributed by atoms with van der Waals surface area (Å²) in [6, 6.07) is 0.0707. The summed E-state index contributed by atoms with van der Waals surface area (Å²) in [6.07, 6.45) is 2.26. The molecule has 70 valence electrons. The van der Waals surface area contributed by atoms with Crippen LogP contribution < -0.4 is 11.1 Å². The van der Waals surface area contributed by atoms with Crippen LogP contribution in [0.15, 0.2) is 0 Å². The highest BCUT2D eigenvalue weighted by molar-refractivity contribution is 5.74. The molecule has 0 aliphatic carbocycles. The highest BCUT2D eigenvalue weighted by atomic mass is 16.2. The van der Waals surface area contributed by atoms with Gasteiger partial charge in [-0.05, 0) is 19.8 Å². The lowest BCUT2D eigenvalue weighted by Gasteiger charge is -2.16. The van der Waals surface area contributed by atoms with Gasteiger partial charge < -0.3 is 16.0 Å². The highest BCUT2D eigenvalue weighted by Gasteiger charge is 2.16. The molecule has 1 fully saturated rings. The number of amides is 2. The van der Waals surface area contributed by atoms with Crippen LogP contribution in [0.2, 0.25) is 0 Å². The van der Waals surface area contributed by atoms with Gasteiger partial charge in [-0.2, -0.15) is 0 Å². The molecule has 1 saturated heterocycles. The van der Waals surface area contributed by atoms with Gasteiger partial charge >= 0.3 is 6.03 Å². The summed E-state index contributed by atoms with van der Waals surface area (Å²) in [7, 11) is 0. The number of carbonyl (C=O) groups is 1. The highest BCUT2D eigenvalue weighted by Crippen LogP contribution is 2.06. The molecule has 0 radical (unpaired) electrons. The van der Waals surface area contributed by atoms with E-state index in [9.17, 15) is 4.79 Å². The van der Waals surface area contributed by atoms with Gasteiger partial charge in [-0.25, -0.2) is 4.79 Å². The van der Waals surface area contributed by atoms with Gasteiger partial charge in [-0.1, -0.05) is 0 Å². The molecule has 1 aliphatic heterocycles. The second kappa shape index (κ2) is 4.30. The molecule has 0 spiro atoms. The molecule has 1 unspecified atom stereocenters. The lowest BCUT2D eigenvalue weighted by molar-refractivity contribution is 0.208. The zero-order valence-electron chi connectivity index (χ0n) is 7.55. The number of carbonyl (C=O) groups excluding carboxylic acids is 1. The van der Waals surface area contributed by atoms with E-state index in [1.165, 1.54) is 0 Å². The quantitative estimate of drug-likeness (QED) is 0.621. The molecule has 4 heteroatoms. The minimum absolute atomic E-state index is 0.0322. The number of likely N-dealkylation sites (tertiary alicyclic amines) is 1. The van der Waals surface area contributed by atoms with Gasteiger partial charge in [-0.15, -0.1) is 0 Å². The lowest BCUT2D eigenvalue weighted by atomic mass is 10.4. The monoisotopic (exact) mass is 171 g/mol. The Labute approximate surface area is 73.1 Å². The van der Waals surface area contributed by atoms with E-state index in [1.807, 2.05) is 11.8 Å². The van der Waals surface area contributed by atoms with Gasteiger partial charge in [0.05, 0.1) is 0 Å². The molecule has 4 nitrogen and oxygen atoms in total. The van der Waals surface area contributed by atoms with Crippen LogP contribution in [0.3, 0.4) is 0 Å². The predicted octanol–water partition coefficient (Wildman–Crippen LogP) is 0.139. The molecule has 0 bridgehead atoms. The first kappa shape index (κ1) is 9.32. The van der Waals surface area contributed by atoms with Crippen LogP contribution in [-0.2, 0) is 0 Å². The summed E-state index contributed by atoms with van der Waals surface area (Å²) in [6.45, 7) is 4.23. The summed E-state index contributed by atoms with van der Waals surface area (Å²) >= 11 is 0. The van der Waals surface area contributed by atoms with E-state index in [1.54, 1.807) is 0 Å². The van der Waals surface area contributed by atoms with Gasteiger partial charge in [0.25, 0.3) is 0 Å². The molecule has 0 saturated carbocycles. The number of hydrogen-bond donors (Lipinski definition) is 2. The van der Waals surface area contributed by atoms with Crippen molar-refractivity contribution >= 4 is 6.03 Å². The van der Waals surface area contributed by atoms with Crippen molar-refractivity contribution in [2.24, 2.45) is 5.73 Å². The molecule has 1 heterocycles. The maximum Gasteiger partial charge on any atom is 0.317 e. The van der Waals surface area contributed by atoms with Crippen molar-refractivity contribution in [2.75, 3.05) is 19.6 Å². The van der Waals surface area contributed by atoms with Crippen LogP contribution in [-0.4, -0.2) is 36.6 Å². The summed E-state index contributed by atoms with van der Waals surface area (Å²) in [5, 5.41) is 2.79. The van der Waals surface area contributed by atoms with Crippen LogP contribution in [0, 0.1) is 0 Å². The number of nitrogens with two attached hydrogens (primary N) is 1. The van der Waals surface area contributed by atoms with E-state index in [4.69, 9.17) is 5.73 Å². The van der Waals surface area contributed by atoms with Crippen molar-refractivity contribution < 1.29 is 4.79 Å². The maximum absolute atomic E-state index is 11.3. The first-order valence-electron chi connectivity index (χ1n) is 4.48. The standard InChI is InChI=1S/C8H17N3O/c1-7(9)6-10-8(12)11-4-2-3-5-11/h7H,2-6,9H2,1H3,(H,10,12). The molecule has 1 aliphatic rings. The zero-order chi connectivity index (χ0) is 8.97. The summed E-state index contributed by atoms with van der Waals surface area (Å²) < 4.78 is 0. The first-order valence-corrected chi connectivity index (χ1v) is 4.48. The molecular formula is C8H17N3O. The average molecular weight is 171 g/mol. The third-order valence-corrected chi connectivity index (χ3v) is 1.97. The van der Waals surface area contributed by atoms with Crippen molar-refractivity contribution in [1.82, 2.24) is 10.2 Å². The third kappa shape index (κ3) is 2.70. The molecule has 3 N–H and O–H groups in total. The maximum atomic E-state index is 11.3. The molecule has 0 aromatic carbocycles. The number of nitrogens with zero attached hydrogens (tertiary/aromatic N) is 1. The van der Waals surface area contributed by atoms with Crippen LogP contribution in [0.5, 0.6) is 0 Å². The van der Waals surface area contributed by atoms with Crippen LogP contribution >= 0.6 is 0 Å². The number of hydrogen-bond acceptors (Lipinski definition) is 2. The molecule has 0 aromatic rings. The molecule has 1 atom stereocenters. The Morgan fingerprint density at radius 2 is 2.17 bits per heavy atom. The Morgan fingerprint density at radius 3 is 2.67 bits per heavy atom. The summed E-state index contributed by atoms with van der Waals surface area (Å²) in [4.78, 5) is 13.1. The van der Waals surface area contributed by atoms with Gasteiger partial charge in [-0.3, -0.25) is 0 Å². The zero-order valence-corrected chi connectivity index (χ0v) is 7.55. The number of urea groups is 1. The van der Waals surface area contributed by atoms with Gasteiger partial charge in [0, 0.05) is 25.7 Å². The summed E-state index contributed by atoms with van der Waals surface area (Å²) in [5.74, 6) is 0. The molecule has 2 amide bonds.